The van der Waals surface area contributed by atoms with E-state index in [1.165, 1.54) is 12.1 Å². The van der Waals surface area contributed by atoms with Gasteiger partial charge in [0.25, 0.3) is 0 Å². The molecule has 0 radical (unpaired) electrons. The Morgan fingerprint density at radius 3 is 2.76 bits per heavy atom. The molecule has 0 amide bonds. The van der Waals surface area contributed by atoms with Crippen LogP contribution >= 0.6 is 0 Å². The molecule has 2 aromatic heterocycles. The molecule has 0 aliphatic carbocycles. The lowest BCUT2D eigenvalue weighted by molar-refractivity contribution is 0.265. The van der Waals surface area contributed by atoms with E-state index in [0.717, 1.165) is 30.6 Å². The molecule has 1 aromatic carbocycles. The number of rotatable bonds is 6. The van der Waals surface area contributed by atoms with Gasteiger partial charge in [0.1, 0.15) is 0 Å². The average Bonchev–Trinajstić information content (AvgIpc) is 3.35. The van der Waals surface area contributed by atoms with E-state index >= 15 is 0 Å². The molecule has 29 heavy (non-hydrogen) atoms. The van der Waals surface area contributed by atoms with E-state index in [4.69, 9.17) is 9.97 Å². The number of nitrogens with one attached hydrogen (secondary N) is 1. The summed E-state index contributed by atoms with van der Waals surface area (Å²) < 4.78 is 2.00. The van der Waals surface area contributed by atoms with Crippen molar-refractivity contribution >= 4 is 22.9 Å². The number of benzene rings is 1. The van der Waals surface area contributed by atoms with Crippen molar-refractivity contribution in [2.24, 2.45) is 0 Å². The summed E-state index contributed by atoms with van der Waals surface area (Å²) in [6, 6.07) is 4.91. The van der Waals surface area contributed by atoms with Gasteiger partial charge in [-0.25, -0.2) is 4.98 Å². The molecule has 1 atom stereocenters. The van der Waals surface area contributed by atoms with Gasteiger partial charge in [0.2, 0.25) is 5.95 Å². The summed E-state index contributed by atoms with van der Waals surface area (Å²) in [4.78, 5) is 16.0. The molecule has 0 saturated carbocycles. The van der Waals surface area contributed by atoms with E-state index in [1.54, 1.807) is 12.4 Å². The number of imidazole rings is 1. The molecule has 1 fully saturated rings. The van der Waals surface area contributed by atoms with Crippen LogP contribution in [0.1, 0.15) is 38.3 Å². The third-order valence-corrected chi connectivity index (χ3v) is 5.31. The van der Waals surface area contributed by atoms with Crippen molar-refractivity contribution < 1.29 is 15.3 Å². The van der Waals surface area contributed by atoms with E-state index in [9.17, 15) is 15.3 Å². The van der Waals surface area contributed by atoms with Crippen LogP contribution in [0, 0.1) is 0 Å². The monoisotopic (exact) mass is 398 g/mol. The van der Waals surface area contributed by atoms with Gasteiger partial charge in [0.15, 0.2) is 28.5 Å². The lowest BCUT2D eigenvalue weighted by atomic mass is 10.2. The number of phenolic OH excluding ortho intramolecular Hbond substituents is 2. The van der Waals surface area contributed by atoms with Crippen molar-refractivity contribution in [2.75, 3.05) is 23.4 Å². The van der Waals surface area contributed by atoms with Crippen molar-refractivity contribution in [3.8, 4) is 11.5 Å². The largest absolute Gasteiger partial charge is 0.504 e. The van der Waals surface area contributed by atoms with Crippen LogP contribution in [-0.4, -0.2) is 54.0 Å². The minimum Gasteiger partial charge on any atom is -0.504 e. The molecule has 3 heterocycles. The van der Waals surface area contributed by atoms with E-state index in [-0.39, 0.29) is 30.2 Å². The molecule has 154 valence electrons. The fraction of sp³-hybridized carbons (Fsp3) is 0.450. The SMILES string of the molecule is CC(C)n1cnc2c(NCc3ccc(O)c(O)c3)nc(N3CCCC3CO)nc21. The Hall–Kier alpha value is -3.07. The number of anilines is 2. The third kappa shape index (κ3) is 3.65. The van der Waals surface area contributed by atoms with E-state index < -0.39 is 0 Å². The second kappa shape index (κ2) is 7.75. The minimum absolute atomic E-state index is 0.0183. The van der Waals surface area contributed by atoms with Gasteiger partial charge in [-0.3, -0.25) is 0 Å². The van der Waals surface area contributed by atoms with Crippen LogP contribution in [0.15, 0.2) is 24.5 Å². The molecule has 4 N–H and O–H groups in total. The predicted octanol–water partition coefficient (Wildman–Crippen LogP) is 2.39. The Kier molecular flexibility index (Phi) is 5.14. The topological polar surface area (TPSA) is 120 Å². The lowest BCUT2D eigenvalue weighted by Crippen LogP contribution is -2.33. The maximum absolute atomic E-state index is 9.73. The Morgan fingerprint density at radius 1 is 1.21 bits per heavy atom. The first-order valence-electron chi connectivity index (χ1n) is 9.84. The van der Waals surface area contributed by atoms with E-state index in [2.05, 4.69) is 29.0 Å². The Bertz CT molecular complexity index is 1020. The summed E-state index contributed by atoms with van der Waals surface area (Å²) in [5, 5.41) is 32.2. The number of hydrogen-bond acceptors (Lipinski definition) is 8. The molecule has 4 rings (SSSR count). The first-order chi connectivity index (χ1) is 14.0. The van der Waals surface area contributed by atoms with Crippen molar-refractivity contribution in [1.82, 2.24) is 19.5 Å². The summed E-state index contributed by atoms with van der Waals surface area (Å²) in [5.74, 6) is 0.859. The molecule has 0 bridgehead atoms. The fourth-order valence-electron chi connectivity index (χ4n) is 3.69. The van der Waals surface area contributed by atoms with Crippen LogP contribution in [0.4, 0.5) is 11.8 Å². The molecule has 1 unspecified atom stereocenters. The van der Waals surface area contributed by atoms with Crippen molar-refractivity contribution in [3.63, 3.8) is 0 Å². The highest BCUT2D eigenvalue weighted by Gasteiger charge is 2.27. The quantitative estimate of drug-likeness (QED) is 0.467. The summed E-state index contributed by atoms with van der Waals surface area (Å²) in [5.41, 5.74) is 2.21. The summed E-state index contributed by atoms with van der Waals surface area (Å²) in [7, 11) is 0. The second-order valence-corrected chi connectivity index (χ2v) is 7.64. The molecule has 1 aliphatic rings. The zero-order valence-corrected chi connectivity index (χ0v) is 16.6. The number of fused-ring (bicyclic) bond motifs is 1. The standard InChI is InChI=1S/C20H26N6O3/c1-12(2)26-11-22-17-18(21-9-13-5-6-15(28)16(29)8-13)23-20(24-19(17)26)25-7-3-4-14(25)10-27/h5-6,8,11-12,14,27-29H,3-4,7,9-10H2,1-2H3,(H,21,23,24). The number of aromatic hydroxyl groups is 2. The molecule has 3 aromatic rings. The highest BCUT2D eigenvalue weighted by Crippen LogP contribution is 2.29. The van der Waals surface area contributed by atoms with Gasteiger partial charge in [0, 0.05) is 19.1 Å². The van der Waals surface area contributed by atoms with E-state index in [0.29, 0.717) is 23.8 Å². The Labute approximate surface area is 168 Å². The highest BCUT2D eigenvalue weighted by atomic mass is 16.3. The lowest BCUT2D eigenvalue weighted by Gasteiger charge is -2.23. The van der Waals surface area contributed by atoms with Crippen LogP contribution < -0.4 is 10.2 Å². The fourth-order valence-corrected chi connectivity index (χ4v) is 3.69. The van der Waals surface area contributed by atoms with Gasteiger partial charge in [-0.2, -0.15) is 9.97 Å². The predicted molar refractivity (Wildman–Crippen MR) is 110 cm³/mol. The molecule has 9 heteroatoms. The number of nitrogens with zero attached hydrogens (tertiary/aromatic N) is 5. The zero-order chi connectivity index (χ0) is 20.5. The maximum atomic E-state index is 9.73. The highest BCUT2D eigenvalue weighted by molar-refractivity contribution is 5.84. The Morgan fingerprint density at radius 2 is 2.03 bits per heavy atom. The second-order valence-electron chi connectivity index (χ2n) is 7.64. The third-order valence-electron chi connectivity index (χ3n) is 5.31. The summed E-state index contributed by atoms with van der Waals surface area (Å²) in [6.45, 7) is 5.42. The van der Waals surface area contributed by atoms with Crippen LogP contribution in [0.25, 0.3) is 11.2 Å². The molecule has 1 aliphatic heterocycles. The summed E-state index contributed by atoms with van der Waals surface area (Å²) in [6.07, 6.45) is 3.67. The Balaban J connectivity index is 1.72. The van der Waals surface area contributed by atoms with Gasteiger partial charge in [-0.05, 0) is 44.4 Å². The molecular weight excluding hydrogens is 372 g/mol. The average molecular weight is 398 g/mol. The number of aromatic nitrogens is 4. The van der Waals surface area contributed by atoms with Crippen molar-refractivity contribution in [1.29, 1.82) is 0 Å². The first-order valence-corrected chi connectivity index (χ1v) is 9.84. The summed E-state index contributed by atoms with van der Waals surface area (Å²) >= 11 is 0. The van der Waals surface area contributed by atoms with Gasteiger partial charge in [0.05, 0.1) is 19.0 Å². The molecule has 1 saturated heterocycles. The normalized spacial score (nSPS) is 16.8. The van der Waals surface area contributed by atoms with E-state index in [1.807, 2.05) is 4.57 Å². The molecular formula is C20H26N6O3. The number of aliphatic hydroxyl groups is 1. The van der Waals surface area contributed by atoms with Crippen LogP contribution in [0.3, 0.4) is 0 Å². The number of hydrogen-bond donors (Lipinski definition) is 4. The number of aliphatic hydroxyl groups excluding tert-OH is 1. The van der Waals surface area contributed by atoms with Gasteiger partial charge in [-0.1, -0.05) is 6.07 Å². The van der Waals surface area contributed by atoms with Gasteiger partial charge >= 0.3 is 0 Å². The first kappa shape index (κ1) is 19.3. The molecule has 0 spiro atoms. The van der Waals surface area contributed by atoms with Crippen molar-refractivity contribution in [2.45, 2.75) is 45.3 Å². The van der Waals surface area contributed by atoms with Crippen LogP contribution in [-0.2, 0) is 6.54 Å². The maximum Gasteiger partial charge on any atom is 0.229 e. The number of phenols is 2. The van der Waals surface area contributed by atoms with Gasteiger partial charge in [-0.15, -0.1) is 0 Å². The van der Waals surface area contributed by atoms with Crippen molar-refractivity contribution in [3.05, 3.63) is 30.1 Å². The van der Waals surface area contributed by atoms with Gasteiger partial charge < -0.3 is 30.1 Å². The smallest absolute Gasteiger partial charge is 0.229 e. The minimum atomic E-state index is -0.162. The van der Waals surface area contributed by atoms with Crippen LogP contribution in [0.2, 0.25) is 0 Å². The van der Waals surface area contributed by atoms with Crippen LogP contribution in [0.5, 0.6) is 11.5 Å². The zero-order valence-electron chi connectivity index (χ0n) is 16.6. The molecule has 9 nitrogen and oxygen atoms in total.